The third-order valence-electron chi connectivity index (χ3n) is 2.20. The lowest BCUT2D eigenvalue weighted by atomic mass is 10.3. The first-order valence-electron chi connectivity index (χ1n) is 5.50. The number of nitrogens with one attached hydrogen (secondary N) is 1. The van der Waals surface area contributed by atoms with Gasteiger partial charge in [0.15, 0.2) is 0 Å². The summed E-state index contributed by atoms with van der Waals surface area (Å²) >= 11 is 0. The lowest BCUT2D eigenvalue weighted by molar-refractivity contribution is 0.203. The quantitative estimate of drug-likeness (QED) is 0.900. The number of carbonyl (C=O) groups excluding carboxylic acids is 1. The largest absolute Gasteiger partial charge is 0.457 e. The highest BCUT2D eigenvalue weighted by Crippen LogP contribution is 2.24. The average Bonchev–Trinajstić information content (AvgIpc) is 2.40. The monoisotopic (exact) mass is 243 g/mol. The van der Waals surface area contributed by atoms with Crippen molar-refractivity contribution in [1.29, 1.82) is 0 Å². The van der Waals surface area contributed by atoms with Gasteiger partial charge in [-0.15, -0.1) is 0 Å². The fourth-order valence-electron chi connectivity index (χ4n) is 1.38. The molecule has 1 amide bonds. The fourth-order valence-corrected chi connectivity index (χ4v) is 1.38. The zero-order valence-corrected chi connectivity index (χ0v) is 9.92. The first-order valence-corrected chi connectivity index (χ1v) is 5.50. The first kappa shape index (κ1) is 12.0. The first-order chi connectivity index (χ1) is 8.78. The van der Waals surface area contributed by atoms with Crippen LogP contribution >= 0.6 is 0 Å². The third-order valence-corrected chi connectivity index (χ3v) is 2.20. The van der Waals surface area contributed by atoms with Crippen molar-refractivity contribution in [3.05, 3.63) is 54.6 Å². The zero-order valence-electron chi connectivity index (χ0n) is 9.92. The predicted molar refractivity (Wildman–Crippen MR) is 68.0 cm³/mol. The molecule has 1 N–H and O–H groups in total. The second kappa shape index (κ2) is 5.72. The second-order valence-corrected chi connectivity index (χ2v) is 3.53. The molecule has 0 saturated carbocycles. The summed E-state index contributed by atoms with van der Waals surface area (Å²) in [6.07, 6.45) is -0.508. The van der Waals surface area contributed by atoms with Crippen molar-refractivity contribution in [2.45, 2.75) is 0 Å². The smallest absolute Gasteiger partial charge is 0.412 e. The highest BCUT2D eigenvalue weighted by molar-refractivity contribution is 5.70. The van der Waals surface area contributed by atoms with Gasteiger partial charge in [-0.3, -0.25) is 0 Å². The number of rotatable bonds is 3. The molecule has 0 radical (unpaired) electrons. The molecular weight excluding hydrogens is 230 g/mol. The Bertz CT molecular complexity index is 526. The Kier molecular flexibility index (Phi) is 3.81. The van der Waals surface area contributed by atoms with E-state index in [0.29, 0.717) is 11.5 Å². The maximum atomic E-state index is 11.1. The van der Waals surface area contributed by atoms with E-state index in [1.165, 1.54) is 7.05 Å². The van der Waals surface area contributed by atoms with Crippen LogP contribution in [0.1, 0.15) is 0 Å². The van der Waals surface area contributed by atoms with Gasteiger partial charge < -0.3 is 14.8 Å². The lowest BCUT2D eigenvalue weighted by Crippen LogP contribution is -2.21. The molecule has 0 saturated heterocycles. The molecule has 0 bridgehead atoms. The van der Waals surface area contributed by atoms with Crippen molar-refractivity contribution >= 4 is 6.09 Å². The van der Waals surface area contributed by atoms with Crippen LogP contribution in [0.25, 0.3) is 0 Å². The molecule has 0 aliphatic carbocycles. The Morgan fingerprint density at radius 1 is 0.944 bits per heavy atom. The Labute approximate surface area is 105 Å². The topological polar surface area (TPSA) is 47.6 Å². The summed E-state index contributed by atoms with van der Waals surface area (Å²) in [5, 5.41) is 2.38. The van der Waals surface area contributed by atoms with E-state index >= 15 is 0 Å². The van der Waals surface area contributed by atoms with E-state index in [1.54, 1.807) is 24.3 Å². The standard InChI is InChI=1S/C14H13NO3/c1-15-14(16)18-13-9-5-8-12(10-13)17-11-6-3-2-4-7-11/h2-10H,1H3,(H,15,16). The van der Waals surface area contributed by atoms with Crippen LogP contribution in [0.3, 0.4) is 0 Å². The highest BCUT2D eigenvalue weighted by atomic mass is 16.6. The van der Waals surface area contributed by atoms with Crippen molar-refractivity contribution in [1.82, 2.24) is 5.32 Å². The minimum atomic E-state index is -0.508. The van der Waals surface area contributed by atoms with Gasteiger partial charge in [0, 0.05) is 13.1 Å². The van der Waals surface area contributed by atoms with Gasteiger partial charge in [-0.2, -0.15) is 0 Å². The van der Waals surface area contributed by atoms with E-state index in [0.717, 1.165) is 5.75 Å². The Morgan fingerprint density at radius 2 is 1.61 bits per heavy atom. The summed E-state index contributed by atoms with van der Waals surface area (Å²) in [5.74, 6) is 1.78. The van der Waals surface area contributed by atoms with E-state index in [1.807, 2.05) is 30.3 Å². The maximum absolute atomic E-state index is 11.1. The van der Waals surface area contributed by atoms with Crippen LogP contribution in [0.4, 0.5) is 4.79 Å². The molecule has 92 valence electrons. The lowest BCUT2D eigenvalue weighted by Gasteiger charge is -2.07. The molecule has 0 unspecified atom stereocenters. The minimum absolute atomic E-state index is 0.433. The van der Waals surface area contributed by atoms with Crippen LogP contribution in [0.2, 0.25) is 0 Å². The molecule has 2 rings (SSSR count). The van der Waals surface area contributed by atoms with Gasteiger partial charge >= 0.3 is 6.09 Å². The van der Waals surface area contributed by atoms with Gasteiger partial charge in [0.05, 0.1) is 0 Å². The van der Waals surface area contributed by atoms with Gasteiger partial charge in [-0.1, -0.05) is 24.3 Å². The summed E-state index contributed by atoms with van der Waals surface area (Å²) in [7, 11) is 1.51. The van der Waals surface area contributed by atoms with Gasteiger partial charge in [-0.05, 0) is 24.3 Å². The van der Waals surface area contributed by atoms with Crippen LogP contribution in [-0.4, -0.2) is 13.1 Å². The van der Waals surface area contributed by atoms with Gasteiger partial charge in [0.2, 0.25) is 0 Å². The number of hydrogen-bond acceptors (Lipinski definition) is 3. The van der Waals surface area contributed by atoms with Crippen molar-refractivity contribution in [3.8, 4) is 17.2 Å². The van der Waals surface area contributed by atoms with Crippen LogP contribution < -0.4 is 14.8 Å². The number of ether oxygens (including phenoxy) is 2. The summed E-state index contributed by atoms with van der Waals surface area (Å²) in [6, 6.07) is 16.3. The van der Waals surface area contributed by atoms with Crippen LogP contribution in [-0.2, 0) is 0 Å². The number of benzene rings is 2. The predicted octanol–water partition coefficient (Wildman–Crippen LogP) is 3.20. The molecule has 0 heterocycles. The van der Waals surface area contributed by atoms with E-state index < -0.39 is 6.09 Å². The fraction of sp³-hybridized carbons (Fsp3) is 0.0714. The molecule has 2 aromatic rings. The van der Waals surface area contributed by atoms with E-state index in [-0.39, 0.29) is 0 Å². The van der Waals surface area contributed by atoms with Crippen molar-refractivity contribution in [3.63, 3.8) is 0 Å². The van der Waals surface area contributed by atoms with Gasteiger partial charge in [0.25, 0.3) is 0 Å². The van der Waals surface area contributed by atoms with Crippen molar-refractivity contribution in [2.24, 2.45) is 0 Å². The maximum Gasteiger partial charge on any atom is 0.412 e. The van der Waals surface area contributed by atoms with E-state index in [2.05, 4.69) is 5.32 Å². The summed E-state index contributed by atoms with van der Waals surface area (Å²) in [4.78, 5) is 11.1. The van der Waals surface area contributed by atoms with E-state index in [4.69, 9.17) is 9.47 Å². The number of carbonyl (C=O) groups is 1. The van der Waals surface area contributed by atoms with Gasteiger partial charge in [0.1, 0.15) is 17.2 Å². The molecule has 18 heavy (non-hydrogen) atoms. The Balaban J connectivity index is 2.10. The Hall–Kier alpha value is -2.49. The van der Waals surface area contributed by atoms with Crippen LogP contribution in [0.15, 0.2) is 54.6 Å². The minimum Gasteiger partial charge on any atom is -0.457 e. The highest BCUT2D eigenvalue weighted by Gasteiger charge is 2.03. The number of amides is 1. The average molecular weight is 243 g/mol. The van der Waals surface area contributed by atoms with Crippen LogP contribution in [0.5, 0.6) is 17.2 Å². The van der Waals surface area contributed by atoms with E-state index in [9.17, 15) is 4.79 Å². The molecule has 4 nitrogen and oxygen atoms in total. The number of para-hydroxylation sites is 1. The molecule has 0 atom stereocenters. The van der Waals surface area contributed by atoms with Gasteiger partial charge in [-0.25, -0.2) is 4.79 Å². The van der Waals surface area contributed by atoms with Crippen molar-refractivity contribution < 1.29 is 14.3 Å². The molecular formula is C14H13NO3. The molecule has 0 aliphatic rings. The molecule has 0 aliphatic heterocycles. The molecule has 0 spiro atoms. The molecule has 0 aromatic heterocycles. The Morgan fingerprint density at radius 3 is 2.33 bits per heavy atom. The van der Waals surface area contributed by atoms with Crippen LogP contribution in [0, 0.1) is 0 Å². The third kappa shape index (κ3) is 3.25. The normalized spacial score (nSPS) is 9.61. The molecule has 2 aromatic carbocycles. The zero-order chi connectivity index (χ0) is 12.8. The number of hydrogen-bond donors (Lipinski definition) is 1. The summed E-state index contributed by atoms with van der Waals surface area (Å²) < 4.78 is 10.6. The SMILES string of the molecule is CNC(=O)Oc1cccc(Oc2ccccc2)c1. The van der Waals surface area contributed by atoms with Crippen molar-refractivity contribution in [2.75, 3.05) is 7.05 Å². The second-order valence-electron chi connectivity index (χ2n) is 3.53. The molecule has 4 heteroatoms. The summed E-state index contributed by atoms with van der Waals surface area (Å²) in [6.45, 7) is 0. The summed E-state index contributed by atoms with van der Waals surface area (Å²) in [5.41, 5.74) is 0. The molecule has 0 fully saturated rings.